The van der Waals surface area contributed by atoms with E-state index in [0.717, 1.165) is 0 Å². The van der Waals surface area contributed by atoms with Crippen molar-refractivity contribution in [1.29, 1.82) is 0 Å². The van der Waals surface area contributed by atoms with Crippen LogP contribution in [0.3, 0.4) is 0 Å². The smallest absolute Gasteiger partial charge is 0.178 e. The molecule has 0 amide bonds. The molecule has 3 rings (SSSR count). The zero-order chi connectivity index (χ0) is 14.3. The van der Waals surface area contributed by atoms with Crippen LogP contribution >= 0.6 is 12.2 Å². The van der Waals surface area contributed by atoms with Gasteiger partial charge in [-0.3, -0.25) is 0 Å². The van der Waals surface area contributed by atoms with Crippen LogP contribution in [0.25, 0.3) is 11.0 Å². The van der Waals surface area contributed by atoms with Crippen LogP contribution < -0.4 is 0 Å². The van der Waals surface area contributed by atoms with Crippen LogP contribution in [0.4, 0.5) is 0 Å². The van der Waals surface area contributed by atoms with E-state index >= 15 is 0 Å². The van der Waals surface area contributed by atoms with E-state index in [1.54, 1.807) is 29.0 Å². The second-order valence-electron chi connectivity index (χ2n) is 4.42. The van der Waals surface area contributed by atoms with Crippen LogP contribution in [0.2, 0.25) is 0 Å². The molecule has 104 valence electrons. The van der Waals surface area contributed by atoms with E-state index in [1.807, 2.05) is 6.07 Å². The highest BCUT2D eigenvalue weighted by molar-refractivity contribution is 7.91. The maximum absolute atomic E-state index is 11.8. The molecule has 2 heterocycles. The fourth-order valence-corrected chi connectivity index (χ4v) is 3.22. The number of aromatic amines is 1. The molecule has 0 bridgehead atoms. The third-order valence-corrected chi connectivity index (χ3v) is 4.44. The van der Waals surface area contributed by atoms with E-state index in [4.69, 9.17) is 16.7 Å². The fourth-order valence-electron chi connectivity index (χ4n) is 2.10. The van der Waals surface area contributed by atoms with Gasteiger partial charge >= 0.3 is 0 Å². The number of benzene rings is 1. The lowest BCUT2D eigenvalue weighted by Gasteiger charge is -2.03. The Morgan fingerprint density at radius 2 is 2.20 bits per heavy atom. The Hall–Kier alpha value is -1.93. The molecule has 6 nitrogen and oxygen atoms in total. The van der Waals surface area contributed by atoms with Gasteiger partial charge in [-0.25, -0.2) is 8.42 Å². The molecule has 0 aliphatic heterocycles. The summed E-state index contributed by atoms with van der Waals surface area (Å²) in [6.45, 7) is 0.395. The summed E-state index contributed by atoms with van der Waals surface area (Å²) in [4.78, 5) is 3.18. The van der Waals surface area contributed by atoms with Crippen LogP contribution in [-0.2, 0) is 16.4 Å². The predicted octanol–water partition coefficient (Wildman–Crippen LogP) is 2.14. The van der Waals surface area contributed by atoms with Gasteiger partial charge in [0.1, 0.15) is 0 Å². The normalized spacial score (nSPS) is 12.1. The fraction of sp³-hybridized carbons (Fsp3) is 0.167. The van der Waals surface area contributed by atoms with Crippen molar-refractivity contribution < 1.29 is 12.9 Å². The van der Waals surface area contributed by atoms with Crippen LogP contribution in [0.1, 0.15) is 5.76 Å². The number of nitrogens with zero attached hydrogens (tertiary/aromatic N) is 2. The number of sulfone groups is 1. The van der Waals surface area contributed by atoms with Gasteiger partial charge in [-0.1, -0.05) is 11.2 Å². The third-order valence-electron chi connectivity index (χ3n) is 2.98. The van der Waals surface area contributed by atoms with Crippen LogP contribution in [0, 0.1) is 4.77 Å². The Balaban J connectivity index is 2.25. The molecule has 0 saturated carbocycles. The van der Waals surface area contributed by atoms with Crippen LogP contribution in [-0.4, -0.2) is 29.4 Å². The van der Waals surface area contributed by atoms with Crippen molar-refractivity contribution in [2.45, 2.75) is 11.4 Å². The molecule has 3 aromatic rings. The first-order valence-corrected chi connectivity index (χ1v) is 8.08. The highest BCUT2D eigenvalue weighted by atomic mass is 32.2. The summed E-state index contributed by atoms with van der Waals surface area (Å²) in [6.07, 6.45) is 2.72. The molecule has 1 N–H and O–H groups in total. The molecule has 0 spiro atoms. The van der Waals surface area contributed by atoms with Gasteiger partial charge in [-0.15, -0.1) is 0 Å². The van der Waals surface area contributed by atoms with Crippen molar-refractivity contribution in [3.63, 3.8) is 0 Å². The molecular formula is C12H11N3O3S2. The van der Waals surface area contributed by atoms with Gasteiger partial charge in [0.2, 0.25) is 0 Å². The summed E-state index contributed by atoms with van der Waals surface area (Å²) < 4.78 is 30.9. The number of para-hydroxylation sites is 1. The van der Waals surface area contributed by atoms with Crippen molar-refractivity contribution >= 4 is 33.1 Å². The molecule has 0 atom stereocenters. The summed E-state index contributed by atoms with van der Waals surface area (Å²) in [7, 11) is -3.32. The summed E-state index contributed by atoms with van der Waals surface area (Å²) in [5.74, 6) is 0.645. The topological polar surface area (TPSA) is 80.9 Å². The number of hydrogen-bond donors (Lipinski definition) is 1. The second-order valence-corrected chi connectivity index (χ2v) is 6.79. The molecule has 0 fully saturated rings. The Bertz CT molecular complexity index is 921. The summed E-state index contributed by atoms with van der Waals surface area (Å²) in [6, 6.07) is 6.80. The monoisotopic (exact) mass is 309 g/mol. The average molecular weight is 309 g/mol. The molecule has 1 aromatic carbocycles. The van der Waals surface area contributed by atoms with Gasteiger partial charge in [0, 0.05) is 12.3 Å². The van der Waals surface area contributed by atoms with E-state index in [9.17, 15) is 8.42 Å². The van der Waals surface area contributed by atoms with E-state index in [2.05, 4.69) is 10.1 Å². The summed E-state index contributed by atoms with van der Waals surface area (Å²) in [5, 5.41) is 3.64. The first kappa shape index (κ1) is 13.1. The standard InChI is InChI=1S/C12H11N3O3S2/c1-20(16,17)10-4-2-3-9-11(10)14-12(19)15(9)7-8-5-6-13-18-8/h2-6H,7H2,1H3,(H,14,19). The van der Waals surface area contributed by atoms with E-state index < -0.39 is 9.84 Å². The zero-order valence-electron chi connectivity index (χ0n) is 10.5. The number of nitrogens with one attached hydrogen (secondary N) is 1. The second kappa shape index (κ2) is 4.57. The molecular weight excluding hydrogens is 298 g/mol. The number of hydrogen-bond acceptors (Lipinski definition) is 5. The number of fused-ring (bicyclic) bond motifs is 1. The average Bonchev–Trinajstić information content (AvgIpc) is 2.97. The van der Waals surface area contributed by atoms with E-state index in [0.29, 0.717) is 28.1 Å². The maximum atomic E-state index is 11.8. The van der Waals surface area contributed by atoms with Crippen LogP contribution in [0.15, 0.2) is 39.9 Å². The van der Waals surface area contributed by atoms with E-state index in [1.165, 1.54) is 6.26 Å². The lowest BCUT2D eigenvalue weighted by atomic mass is 10.3. The van der Waals surface area contributed by atoms with Crippen molar-refractivity contribution in [3.8, 4) is 0 Å². The minimum absolute atomic E-state index is 0.234. The largest absolute Gasteiger partial charge is 0.359 e. The van der Waals surface area contributed by atoms with Gasteiger partial charge in [0.05, 0.1) is 28.7 Å². The van der Waals surface area contributed by atoms with Crippen molar-refractivity contribution in [2.24, 2.45) is 0 Å². The minimum Gasteiger partial charge on any atom is -0.359 e. The number of aromatic nitrogens is 3. The highest BCUT2D eigenvalue weighted by Gasteiger charge is 2.16. The Kier molecular flexibility index (Phi) is 2.98. The first-order valence-electron chi connectivity index (χ1n) is 5.78. The lowest BCUT2D eigenvalue weighted by molar-refractivity contribution is 0.377. The number of H-pyrrole nitrogens is 1. The van der Waals surface area contributed by atoms with Gasteiger partial charge in [-0.2, -0.15) is 0 Å². The minimum atomic E-state index is -3.32. The quantitative estimate of drug-likeness (QED) is 0.750. The molecule has 0 aliphatic rings. The molecule has 0 unspecified atom stereocenters. The Morgan fingerprint density at radius 3 is 2.85 bits per heavy atom. The third kappa shape index (κ3) is 2.16. The van der Waals surface area contributed by atoms with Gasteiger partial charge < -0.3 is 14.1 Å². The molecule has 2 aromatic heterocycles. The van der Waals surface area contributed by atoms with Gasteiger partial charge in [0.25, 0.3) is 0 Å². The van der Waals surface area contributed by atoms with Crippen molar-refractivity contribution in [3.05, 3.63) is 41.0 Å². The number of rotatable bonds is 3. The lowest BCUT2D eigenvalue weighted by Crippen LogP contribution is -2.00. The maximum Gasteiger partial charge on any atom is 0.178 e. The predicted molar refractivity (Wildman–Crippen MR) is 75.8 cm³/mol. The molecule has 8 heteroatoms. The SMILES string of the molecule is CS(=O)(=O)c1cccc2c1[nH]c(=S)n2Cc1ccno1. The summed E-state index contributed by atoms with van der Waals surface area (Å²) in [5.41, 5.74) is 1.23. The zero-order valence-corrected chi connectivity index (χ0v) is 12.2. The van der Waals surface area contributed by atoms with Gasteiger partial charge in [-0.05, 0) is 24.4 Å². The molecule has 0 saturated heterocycles. The van der Waals surface area contributed by atoms with Crippen molar-refractivity contribution in [2.75, 3.05) is 6.26 Å². The molecule has 0 aliphatic carbocycles. The first-order chi connectivity index (χ1) is 9.47. The number of imidazole rings is 1. The van der Waals surface area contributed by atoms with E-state index in [-0.39, 0.29) is 4.90 Å². The van der Waals surface area contributed by atoms with Gasteiger partial charge in [0.15, 0.2) is 20.4 Å². The van der Waals surface area contributed by atoms with Crippen LogP contribution in [0.5, 0.6) is 0 Å². The molecule has 0 radical (unpaired) electrons. The van der Waals surface area contributed by atoms with Crippen molar-refractivity contribution in [1.82, 2.24) is 14.7 Å². The Morgan fingerprint density at radius 1 is 1.40 bits per heavy atom. The summed E-state index contributed by atoms with van der Waals surface area (Å²) >= 11 is 5.26. The highest BCUT2D eigenvalue weighted by Crippen LogP contribution is 2.23. The molecule has 20 heavy (non-hydrogen) atoms. The Labute approximate surface area is 119 Å².